The normalized spacial score (nSPS) is 35.0. The third kappa shape index (κ3) is 2.55. The third-order valence-corrected chi connectivity index (χ3v) is 3.54. The van der Waals surface area contributed by atoms with E-state index in [4.69, 9.17) is 0 Å². The molecule has 0 aromatic heterocycles. The van der Waals surface area contributed by atoms with Crippen molar-refractivity contribution in [2.75, 3.05) is 0 Å². The zero-order valence-electron chi connectivity index (χ0n) is 9.34. The van der Waals surface area contributed by atoms with Gasteiger partial charge in [0.25, 0.3) is 0 Å². The number of carbonyl (C=O) groups excluding carboxylic acids is 1. The second-order valence-corrected chi connectivity index (χ2v) is 5.04. The molecular formula is C12H22O. The highest BCUT2D eigenvalue weighted by molar-refractivity contribution is 5.78. The zero-order chi connectivity index (χ0) is 10.0. The van der Waals surface area contributed by atoms with Crippen molar-refractivity contribution in [2.24, 2.45) is 23.7 Å². The Hall–Kier alpha value is -0.330. The number of hydrogen-bond donors (Lipinski definition) is 0. The molecule has 0 bridgehead atoms. The van der Waals surface area contributed by atoms with Gasteiger partial charge in [-0.1, -0.05) is 27.2 Å². The van der Waals surface area contributed by atoms with Crippen molar-refractivity contribution in [1.82, 2.24) is 0 Å². The molecule has 13 heavy (non-hydrogen) atoms. The van der Waals surface area contributed by atoms with E-state index in [1.165, 1.54) is 12.8 Å². The summed E-state index contributed by atoms with van der Waals surface area (Å²) in [4.78, 5) is 11.5. The lowest BCUT2D eigenvalue weighted by Crippen LogP contribution is -2.32. The van der Waals surface area contributed by atoms with Crippen LogP contribution in [0.5, 0.6) is 0 Å². The molecule has 1 nitrogen and oxygen atoms in total. The number of ketones is 1. The van der Waals surface area contributed by atoms with E-state index in [1.54, 1.807) is 6.92 Å². The van der Waals surface area contributed by atoms with Crippen LogP contribution < -0.4 is 0 Å². The first-order chi connectivity index (χ1) is 6.02. The van der Waals surface area contributed by atoms with E-state index in [0.29, 0.717) is 23.5 Å². The highest BCUT2D eigenvalue weighted by atomic mass is 16.1. The molecule has 0 unspecified atom stereocenters. The van der Waals surface area contributed by atoms with Crippen molar-refractivity contribution < 1.29 is 4.79 Å². The van der Waals surface area contributed by atoms with Crippen molar-refractivity contribution in [1.29, 1.82) is 0 Å². The van der Waals surface area contributed by atoms with Gasteiger partial charge in [-0.15, -0.1) is 0 Å². The van der Waals surface area contributed by atoms with Gasteiger partial charge in [0.05, 0.1) is 0 Å². The van der Waals surface area contributed by atoms with Gasteiger partial charge < -0.3 is 0 Å². The molecule has 1 saturated carbocycles. The third-order valence-electron chi connectivity index (χ3n) is 3.54. The van der Waals surface area contributed by atoms with E-state index in [0.717, 1.165) is 12.3 Å². The highest BCUT2D eigenvalue weighted by Crippen LogP contribution is 2.38. The van der Waals surface area contributed by atoms with E-state index in [2.05, 4.69) is 20.8 Å². The van der Waals surface area contributed by atoms with E-state index in [1.807, 2.05) is 0 Å². The summed E-state index contributed by atoms with van der Waals surface area (Å²) in [6.45, 7) is 8.53. The smallest absolute Gasteiger partial charge is 0.133 e. The molecule has 0 aromatic rings. The Labute approximate surface area is 81.9 Å². The Morgan fingerprint density at radius 1 is 1.31 bits per heavy atom. The van der Waals surface area contributed by atoms with Gasteiger partial charge in [0.15, 0.2) is 0 Å². The van der Waals surface area contributed by atoms with Crippen LogP contribution in [0.4, 0.5) is 0 Å². The highest BCUT2D eigenvalue weighted by Gasteiger charge is 2.33. The molecule has 1 aliphatic carbocycles. The fourth-order valence-corrected chi connectivity index (χ4v) is 2.67. The average Bonchev–Trinajstić information content (AvgIpc) is 2.03. The van der Waals surface area contributed by atoms with E-state index in [-0.39, 0.29) is 0 Å². The van der Waals surface area contributed by atoms with E-state index < -0.39 is 0 Å². The molecular weight excluding hydrogens is 160 g/mol. The second kappa shape index (κ2) is 4.26. The lowest BCUT2D eigenvalue weighted by molar-refractivity contribution is -0.124. The van der Waals surface area contributed by atoms with Crippen LogP contribution in [-0.4, -0.2) is 5.78 Å². The Morgan fingerprint density at radius 3 is 2.38 bits per heavy atom. The summed E-state index contributed by atoms with van der Waals surface area (Å²) in [6, 6.07) is 0. The summed E-state index contributed by atoms with van der Waals surface area (Å²) >= 11 is 0. The first-order valence-electron chi connectivity index (χ1n) is 5.52. The predicted octanol–water partition coefficient (Wildman–Crippen LogP) is 3.28. The molecule has 1 aliphatic rings. The SMILES string of the molecule is CC(=O)[C@H]1C[C@@H](C)CC[C@@H]1C(C)C. The topological polar surface area (TPSA) is 17.1 Å². The van der Waals surface area contributed by atoms with Gasteiger partial charge in [0.2, 0.25) is 0 Å². The summed E-state index contributed by atoms with van der Waals surface area (Å²) in [6.07, 6.45) is 3.69. The number of Topliss-reactive ketones (excluding diaryl/α,β-unsaturated/α-hetero) is 1. The second-order valence-electron chi connectivity index (χ2n) is 5.04. The van der Waals surface area contributed by atoms with Gasteiger partial charge >= 0.3 is 0 Å². The molecule has 76 valence electrons. The molecule has 0 aromatic carbocycles. The molecule has 0 saturated heterocycles. The first kappa shape index (κ1) is 10.7. The molecule has 0 N–H and O–H groups in total. The lowest BCUT2D eigenvalue weighted by atomic mass is 9.69. The number of hydrogen-bond acceptors (Lipinski definition) is 1. The number of carbonyl (C=O) groups is 1. The van der Waals surface area contributed by atoms with Crippen LogP contribution in [0.2, 0.25) is 0 Å². The van der Waals surface area contributed by atoms with Crippen LogP contribution in [0, 0.1) is 23.7 Å². The van der Waals surface area contributed by atoms with Crippen LogP contribution in [0.15, 0.2) is 0 Å². The molecule has 1 fully saturated rings. The summed E-state index contributed by atoms with van der Waals surface area (Å²) < 4.78 is 0. The Morgan fingerprint density at radius 2 is 1.92 bits per heavy atom. The van der Waals surface area contributed by atoms with Crippen molar-refractivity contribution in [3.8, 4) is 0 Å². The fourth-order valence-electron chi connectivity index (χ4n) is 2.67. The lowest BCUT2D eigenvalue weighted by Gasteiger charge is -2.35. The molecule has 1 rings (SSSR count). The van der Waals surface area contributed by atoms with Gasteiger partial charge in [-0.3, -0.25) is 4.79 Å². The van der Waals surface area contributed by atoms with Crippen molar-refractivity contribution in [2.45, 2.75) is 47.0 Å². The molecule has 1 heteroatoms. The van der Waals surface area contributed by atoms with Gasteiger partial charge in [0.1, 0.15) is 5.78 Å². The predicted molar refractivity (Wildman–Crippen MR) is 55.5 cm³/mol. The van der Waals surface area contributed by atoms with Crippen LogP contribution in [0.3, 0.4) is 0 Å². The van der Waals surface area contributed by atoms with Crippen LogP contribution in [0.1, 0.15) is 47.0 Å². The Balaban J connectivity index is 2.66. The molecule has 0 amide bonds. The minimum Gasteiger partial charge on any atom is -0.300 e. The van der Waals surface area contributed by atoms with Crippen molar-refractivity contribution in [3.05, 3.63) is 0 Å². The van der Waals surface area contributed by atoms with Crippen molar-refractivity contribution in [3.63, 3.8) is 0 Å². The number of rotatable bonds is 2. The maximum absolute atomic E-state index is 11.5. The first-order valence-corrected chi connectivity index (χ1v) is 5.52. The van der Waals surface area contributed by atoms with Gasteiger partial charge in [-0.2, -0.15) is 0 Å². The molecule has 3 atom stereocenters. The van der Waals surface area contributed by atoms with Crippen LogP contribution >= 0.6 is 0 Å². The zero-order valence-corrected chi connectivity index (χ0v) is 9.34. The molecule has 0 aliphatic heterocycles. The largest absolute Gasteiger partial charge is 0.300 e. The molecule has 0 heterocycles. The van der Waals surface area contributed by atoms with E-state index >= 15 is 0 Å². The fraction of sp³-hybridized carbons (Fsp3) is 0.917. The molecule has 0 radical (unpaired) electrons. The van der Waals surface area contributed by atoms with E-state index in [9.17, 15) is 4.79 Å². The Bertz CT molecular complexity index is 184. The maximum Gasteiger partial charge on any atom is 0.133 e. The summed E-state index contributed by atoms with van der Waals surface area (Å²) in [5.74, 6) is 2.83. The monoisotopic (exact) mass is 182 g/mol. The van der Waals surface area contributed by atoms with Crippen LogP contribution in [0.25, 0.3) is 0 Å². The van der Waals surface area contributed by atoms with Gasteiger partial charge in [-0.25, -0.2) is 0 Å². The standard InChI is InChI=1S/C12H22O/c1-8(2)11-6-5-9(3)7-12(11)10(4)13/h8-9,11-12H,5-7H2,1-4H3/t9-,11+,12+/m0/s1. The Kier molecular flexibility index (Phi) is 3.52. The minimum absolute atomic E-state index is 0.351. The minimum atomic E-state index is 0.351. The molecule has 0 spiro atoms. The van der Waals surface area contributed by atoms with Gasteiger partial charge in [0, 0.05) is 5.92 Å². The quantitative estimate of drug-likeness (QED) is 0.640. The average molecular weight is 182 g/mol. The summed E-state index contributed by atoms with van der Waals surface area (Å²) in [5, 5.41) is 0. The van der Waals surface area contributed by atoms with Crippen LogP contribution in [-0.2, 0) is 4.79 Å². The maximum atomic E-state index is 11.5. The van der Waals surface area contributed by atoms with Gasteiger partial charge in [-0.05, 0) is 37.5 Å². The summed E-state index contributed by atoms with van der Waals surface area (Å²) in [5.41, 5.74) is 0. The summed E-state index contributed by atoms with van der Waals surface area (Å²) in [7, 11) is 0. The van der Waals surface area contributed by atoms with Crippen molar-refractivity contribution >= 4 is 5.78 Å².